The van der Waals surface area contributed by atoms with Crippen molar-refractivity contribution in [1.82, 2.24) is 34.3 Å². The molecule has 3 saturated heterocycles. The van der Waals surface area contributed by atoms with Gasteiger partial charge in [-0.2, -0.15) is 13.9 Å². The van der Waals surface area contributed by atoms with Crippen LogP contribution in [-0.4, -0.2) is 99.8 Å². The number of carbonyl (C=O) groups is 2. The van der Waals surface area contributed by atoms with E-state index in [0.717, 1.165) is 36.8 Å². The number of likely N-dealkylation sites (tertiary alicyclic amines) is 1. The Hall–Kier alpha value is -3.76. The number of alkyl halides is 2. The van der Waals surface area contributed by atoms with E-state index in [0.29, 0.717) is 56.8 Å². The third-order valence-corrected chi connectivity index (χ3v) is 11.8. The third kappa shape index (κ3) is 7.76. The van der Waals surface area contributed by atoms with Crippen LogP contribution in [0, 0.1) is 0 Å². The summed E-state index contributed by atoms with van der Waals surface area (Å²) in [6.45, 7) is 1.70. The molecule has 2 aromatic heterocycles. The number of imide groups is 1. The second-order valence-electron chi connectivity index (χ2n) is 13.0. The second kappa shape index (κ2) is 14.4. The molecule has 2 amide bonds. The van der Waals surface area contributed by atoms with Crippen molar-refractivity contribution in [3.05, 3.63) is 41.9 Å². The molecule has 6 rings (SSSR count). The van der Waals surface area contributed by atoms with E-state index < -0.39 is 22.6 Å². The average molecular weight is 689 g/mol. The quantitative estimate of drug-likeness (QED) is 0.287. The molecule has 5 heterocycles. The van der Waals surface area contributed by atoms with Gasteiger partial charge in [-0.3, -0.25) is 19.6 Å². The van der Waals surface area contributed by atoms with Crippen LogP contribution >= 0.6 is 0 Å². The fraction of sp³-hybridized carbons (Fsp3) is 0.594. The topological polar surface area (TPSA) is 152 Å². The van der Waals surface area contributed by atoms with Crippen LogP contribution in [-0.2, 0) is 26.7 Å². The van der Waals surface area contributed by atoms with Gasteiger partial charge in [-0.1, -0.05) is 12.1 Å². The maximum Gasteiger partial charge on any atom is 0.387 e. The number of aromatic nitrogens is 4. The summed E-state index contributed by atoms with van der Waals surface area (Å²) in [6.07, 6.45) is 6.78. The number of hydrogen-bond donors (Lipinski definition) is 2. The van der Waals surface area contributed by atoms with Gasteiger partial charge in [-0.15, -0.1) is 0 Å². The van der Waals surface area contributed by atoms with Gasteiger partial charge in [0.2, 0.25) is 27.8 Å². The number of benzene rings is 1. The lowest BCUT2D eigenvalue weighted by Crippen LogP contribution is -2.45. The zero-order valence-corrected chi connectivity index (χ0v) is 28.0. The fourth-order valence-corrected chi connectivity index (χ4v) is 8.75. The highest BCUT2D eigenvalue weighted by Gasteiger charge is 2.33. The van der Waals surface area contributed by atoms with Crippen LogP contribution in [0.2, 0.25) is 0 Å². The molecule has 2 unspecified atom stereocenters. The predicted molar refractivity (Wildman–Crippen MR) is 174 cm³/mol. The van der Waals surface area contributed by atoms with Crippen LogP contribution in [0.5, 0.6) is 5.75 Å². The number of ether oxygens (including phenoxy) is 1. The average Bonchev–Trinajstić information content (AvgIpc) is 3.39. The summed E-state index contributed by atoms with van der Waals surface area (Å²) in [5.74, 6) is -0.331. The Morgan fingerprint density at radius 3 is 2.42 bits per heavy atom. The minimum atomic E-state index is -3.41. The second-order valence-corrected chi connectivity index (χ2v) is 15.1. The maximum absolute atomic E-state index is 13.2. The number of piperidine rings is 3. The summed E-state index contributed by atoms with van der Waals surface area (Å²) in [7, 11) is -1.53. The molecule has 3 aliphatic heterocycles. The SMILES string of the molecule is CC(CCS(=O)(=O)N1CCC(Nc2ncc(OC(F)F)cn2)CC1)N1CCC(c2ccc3c(C4CCC(=O)NC4=O)nn(C)c3c2)CC1. The molecule has 16 heteroatoms. The van der Waals surface area contributed by atoms with Crippen molar-refractivity contribution in [2.24, 2.45) is 7.05 Å². The molecule has 0 aliphatic carbocycles. The van der Waals surface area contributed by atoms with Gasteiger partial charge in [0.15, 0.2) is 5.75 Å². The molecule has 1 aromatic carbocycles. The Kier molecular flexibility index (Phi) is 10.2. The van der Waals surface area contributed by atoms with Crippen molar-refractivity contribution in [2.45, 2.75) is 82.4 Å². The van der Waals surface area contributed by atoms with Crippen LogP contribution in [0.25, 0.3) is 10.9 Å². The lowest BCUT2D eigenvalue weighted by Gasteiger charge is -2.37. The molecule has 3 aliphatic rings. The van der Waals surface area contributed by atoms with E-state index in [1.165, 1.54) is 18.0 Å². The summed E-state index contributed by atoms with van der Waals surface area (Å²) < 4.78 is 58.7. The summed E-state index contributed by atoms with van der Waals surface area (Å²) in [4.78, 5) is 34.5. The normalized spacial score (nSPS) is 21.5. The zero-order chi connectivity index (χ0) is 34.0. The van der Waals surface area contributed by atoms with E-state index in [1.807, 2.05) is 11.7 Å². The number of nitrogens with one attached hydrogen (secondary N) is 2. The lowest BCUT2D eigenvalue weighted by atomic mass is 9.87. The van der Waals surface area contributed by atoms with Crippen molar-refractivity contribution in [2.75, 3.05) is 37.2 Å². The van der Waals surface area contributed by atoms with Crippen LogP contribution in [0.1, 0.15) is 75.0 Å². The monoisotopic (exact) mass is 688 g/mol. The molecular formula is C32H42F2N8O5S. The van der Waals surface area contributed by atoms with Crippen molar-refractivity contribution in [1.29, 1.82) is 0 Å². The zero-order valence-electron chi connectivity index (χ0n) is 27.1. The summed E-state index contributed by atoms with van der Waals surface area (Å²) >= 11 is 0. The molecule has 3 aromatic rings. The van der Waals surface area contributed by atoms with Crippen LogP contribution in [0.3, 0.4) is 0 Å². The molecule has 0 radical (unpaired) electrons. The minimum absolute atomic E-state index is 0.0236. The molecular weight excluding hydrogens is 646 g/mol. The highest BCUT2D eigenvalue weighted by atomic mass is 32.2. The molecule has 2 N–H and O–H groups in total. The third-order valence-electron chi connectivity index (χ3n) is 9.93. The number of aryl methyl sites for hydroxylation is 1. The number of hydrogen-bond acceptors (Lipinski definition) is 10. The number of rotatable bonds is 11. The molecule has 13 nitrogen and oxygen atoms in total. The largest absolute Gasteiger partial charge is 0.432 e. The lowest BCUT2D eigenvalue weighted by molar-refractivity contribution is -0.134. The molecule has 48 heavy (non-hydrogen) atoms. The summed E-state index contributed by atoms with van der Waals surface area (Å²) in [5.41, 5.74) is 2.92. The Balaban J connectivity index is 0.960. The minimum Gasteiger partial charge on any atom is -0.432 e. The molecule has 0 saturated carbocycles. The van der Waals surface area contributed by atoms with Gasteiger partial charge in [0.05, 0.1) is 35.3 Å². The fourth-order valence-electron chi connectivity index (χ4n) is 7.09. The number of nitrogens with zero attached hydrogens (tertiary/aromatic N) is 6. The van der Waals surface area contributed by atoms with Gasteiger partial charge in [0.25, 0.3) is 0 Å². The van der Waals surface area contributed by atoms with E-state index in [9.17, 15) is 26.8 Å². The first-order valence-electron chi connectivity index (χ1n) is 16.5. The van der Waals surface area contributed by atoms with E-state index in [2.05, 4.69) is 60.5 Å². The van der Waals surface area contributed by atoms with Crippen molar-refractivity contribution in [3.8, 4) is 5.75 Å². The van der Waals surface area contributed by atoms with Gasteiger partial charge in [-0.05, 0) is 76.1 Å². The molecule has 0 bridgehead atoms. The van der Waals surface area contributed by atoms with Crippen LogP contribution in [0.4, 0.5) is 14.7 Å². The summed E-state index contributed by atoms with van der Waals surface area (Å²) in [5, 5.41) is 11.2. The van der Waals surface area contributed by atoms with Gasteiger partial charge >= 0.3 is 6.61 Å². The summed E-state index contributed by atoms with van der Waals surface area (Å²) in [6, 6.07) is 6.45. The highest BCUT2D eigenvalue weighted by molar-refractivity contribution is 7.89. The first-order chi connectivity index (χ1) is 23.0. The first-order valence-corrected chi connectivity index (χ1v) is 18.1. The number of carbonyl (C=O) groups excluding carboxylic acids is 2. The predicted octanol–water partition coefficient (Wildman–Crippen LogP) is 3.35. The van der Waals surface area contributed by atoms with Crippen molar-refractivity contribution in [3.63, 3.8) is 0 Å². The Morgan fingerprint density at radius 2 is 1.75 bits per heavy atom. The molecule has 0 spiro atoms. The molecule has 260 valence electrons. The molecule has 3 fully saturated rings. The number of halogens is 2. The van der Waals surface area contributed by atoms with Gasteiger partial charge in [-0.25, -0.2) is 22.7 Å². The van der Waals surface area contributed by atoms with Crippen LogP contribution < -0.4 is 15.4 Å². The van der Waals surface area contributed by atoms with Gasteiger partial charge < -0.3 is 15.0 Å². The van der Waals surface area contributed by atoms with Crippen molar-refractivity contribution < 1.29 is 31.5 Å². The standard InChI is InChI=1S/C32H42F2N8O5S/c1-20(11-16-48(45,46)42-14-9-23(10-15-42)37-32-35-18-24(19-36-32)47-31(33)34)41-12-7-21(8-13-41)22-3-4-25-27(17-22)40(2)39-29(25)26-5-6-28(43)38-30(26)44/h3-4,17-21,23,26,31H,5-16H2,1-2H3,(H,35,36,37)(H,38,43,44). The number of fused-ring (bicyclic) bond motifs is 1. The van der Waals surface area contributed by atoms with E-state index in [-0.39, 0.29) is 41.3 Å². The number of anilines is 1. The Labute approximate surface area is 278 Å². The van der Waals surface area contributed by atoms with Crippen molar-refractivity contribution >= 4 is 38.7 Å². The van der Waals surface area contributed by atoms with E-state index >= 15 is 0 Å². The first kappa shape index (κ1) is 34.1. The Morgan fingerprint density at radius 1 is 1.04 bits per heavy atom. The smallest absolute Gasteiger partial charge is 0.387 e. The van der Waals surface area contributed by atoms with Gasteiger partial charge in [0, 0.05) is 44.0 Å². The molecule has 2 atom stereocenters. The maximum atomic E-state index is 13.2. The number of amides is 2. The van der Waals surface area contributed by atoms with Crippen LogP contribution in [0.15, 0.2) is 30.6 Å². The van der Waals surface area contributed by atoms with Gasteiger partial charge in [0.1, 0.15) is 0 Å². The number of sulfonamides is 1. The van der Waals surface area contributed by atoms with E-state index in [1.54, 1.807) is 4.31 Å². The Bertz CT molecular complexity index is 1720. The van der Waals surface area contributed by atoms with E-state index in [4.69, 9.17) is 0 Å². The highest BCUT2D eigenvalue weighted by Crippen LogP contribution is 2.35.